The molecule has 1 aliphatic carbocycles. The molecule has 1 aliphatic rings. The van der Waals surface area contributed by atoms with E-state index in [1.54, 1.807) is 0 Å². The molecule has 0 saturated carbocycles. The van der Waals surface area contributed by atoms with Gasteiger partial charge in [-0.1, -0.05) is 29.3 Å². The molecule has 0 heterocycles. The largest absolute Gasteiger partial charge is 0.456 e. The topological polar surface area (TPSA) is 72.5 Å². The predicted molar refractivity (Wildman–Crippen MR) is 105 cm³/mol. The second-order valence-electron chi connectivity index (χ2n) is 7.11. The van der Waals surface area contributed by atoms with Gasteiger partial charge in [0.25, 0.3) is 5.91 Å². The fourth-order valence-corrected chi connectivity index (χ4v) is 3.15. The Kier molecular flexibility index (Phi) is 8.24. The van der Waals surface area contributed by atoms with Gasteiger partial charge in [-0.15, -0.1) is 0 Å². The van der Waals surface area contributed by atoms with Crippen molar-refractivity contribution >= 4 is 17.7 Å². The maximum Gasteiger partial charge on any atom is 0.306 e. The van der Waals surface area contributed by atoms with Crippen molar-refractivity contribution in [2.75, 3.05) is 13.2 Å². The summed E-state index contributed by atoms with van der Waals surface area (Å²) in [6, 6.07) is 5.68. The highest BCUT2D eigenvalue weighted by Gasteiger charge is 2.14. The summed E-state index contributed by atoms with van der Waals surface area (Å²) in [5, 5.41) is 2.77. The summed E-state index contributed by atoms with van der Waals surface area (Å²) < 4.78 is 4.97. The summed E-state index contributed by atoms with van der Waals surface area (Å²) in [5.74, 6) is -0.919. The molecule has 1 aromatic rings. The number of carbonyl (C=O) groups excluding carboxylic acids is 3. The number of esters is 1. The third-order valence-corrected chi connectivity index (χ3v) is 4.77. The van der Waals surface area contributed by atoms with Gasteiger partial charge >= 0.3 is 5.97 Å². The zero-order valence-corrected chi connectivity index (χ0v) is 16.3. The van der Waals surface area contributed by atoms with Crippen LogP contribution >= 0.6 is 0 Å². The van der Waals surface area contributed by atoms with E-state index in [0.717, 1.165) is 30.4 Å². The Morgan fingerprint density at radius 3 is 2.67 bits per heavy atom. The first kappa shape index (κ1) is 20.9. The van der Waals surface area contributed by atoms with Gasteiger partial charge in [-0.25, -0.2) is 0 Å². The summed E-state index contributed by atoms with van der Waals surface area (Å²) in [6.07, 6.45) is 7.87. The third-order valence-electron chi connectivity index (χ3n) is 4.77. The number of rotatable bonds is 9. The summed E-state index contributed by atoms with van der Waals surface area (Å²) >= 11 is 0. The van der Waals surface area contributed by atoms with Gasteiger partial charge in [-0.05, 0) is 57.6 Å². The van der Waals surface area contributed by atoms with Crippen LogP contribution < -0.4 is 5.32 Å². The zero-order chi connectivity index (χ0) is 19.6. The first-order chi connectivity index (χ1) is 13.0. The van der Waals surface area contributed by atoms with Crippen LogP contribution in [-0.2, 0) is 14.3 Å². The SMILES string of the molecule is Cc1ccc(C)c(C(=O)CCC(=O)OCC(=O)NCCC2=CCCCC2)c1. The number of benzene rings is 1. The molecule has 0 unspecified atom stereocenters. The number of Topliss-reactive ketones (excluding diaryl/α,β-unsaturated/α-hetero) is 1. The Labute approximate surface area is 161 Å². The van der Waals surface area contributed by atoms with Crippen LogP contribution in [-0.4, -0.2) is 30.8 Å². The number of amides is 1. The van der Waals surface area contributed by atoms with E-state index in [2.05, 4.69) is 11.4 Å². The Morgan fingerprint density at radius 1 is 1.11 bits per heavy atom. The first-order valence-corrected chi connectivity index (χ1v) is 9.66. The molecular weight excluding hydrogens is 342 g/mol. The molecule has 27 heavy (non-hydrogen) atoms. The van der Waals surface area contributed by atoms with E-state index in [1.165, 1.54) is 18.4 Å². The van der Waals surface area contributed by atoms with Crippen molar-refractivity contribution in [3.63, 3.8) is 0 Å². The lowest BCUT2D eigenvalue weighted by Crippen LogP contribution is -2.30. The van der Waals surface area contributed by atoms with E-state index in [4.69, 9.17) is 4.74 Å². The van der Waals surface area contributed by atoms with Crippen molar-refractivity contribution in [3.8, 4) is 0 Å². The molecule has 0 saturated heterocycles. The van der Waals surface area contributed by atoms with Crippen LogP contribution in [0.2, 0.25) is 0 Å². The highest BCUT2D eigenvalue weighted by molar-refractivity contribution is 5.99. The molecule has 0 bridgehead atoms. The fraction of sp³-hybridized carbons (Fsp3) is 0.500. The predicted octanol–water partition coefficient (Wildman–Crippen LogP) is 3.82. The smallest absolute Gasteiger partial charge is 0.306 e. The Bertz CT molecular complexity index is 721. The van der Waals surface area contributed by atoms with E-state index in [9.17, 15) is 14.4 Å². The lowest BCUT2D eigenvalue weighted by molar-refractivity contribution is -0.148. The molecule has 1 aromatic carbocycles. The molecule has 5 nitrogen and oxygen atoms in total. The molecule has 0 aliphatic heterocycles. The van der Waals surface area contributed by atoms with Crippen LogP contribution in [0.1, 0.15) is 66.4 Å². The van der Waals surface area contributed by atoms with Gasteiger partial charge < -0.3 is 10.1 Å². The van der Waals surface area contributed by atoms with Crippen LogP contribution in [0.4, 0.5) is 0 Å². The molecule has 0 radical (unpaired) electrons. The van der Waals surface area contributed by atoms with Gasteiger partial charge in [-0.2, -0.15) is 0 Å². The Balaban J connectivity index is 1.63. The molecule has 146 valence electrons. The minimum Gasteiger partial charge on any atom is -0.456 e. The second-order valence-corrected chi connectivity index (χ2v) is 7.11. The quantitative estimate of drug-likeness (QED) is 0.407. The van der Waals surface area contributed by atoms with Gasteiger partial charge in [0, 0.05) is 18.5 Å². The number of ether oxygens (including phenoxy) is 1. The average Bonchev–Trinajstić information content (AvgIpc) is 2.67. The van der Waals surface area contributed by atoms with Gasteiger partial charge in [0.2, 0.25) is 0 Å². The van der Waals surface area contributed by atoms with Crippen molar-refractivity contribution in [1.82, 2.24) is 5.32 Å². The van der Waals surface area contributed by atoms with Crippen molar-refractivity contribution < 1.29 is 19.1 Å². The molecular formula is C22H29NO4. The Morgan fingerprint density at radius 2 is 1.93 bits per heavy atom. The molecule has 5 heteroatoms. The molecule has 0 fully saturated rings. The van der Waals surface area contributed by atoms with Crippen molar-refractivity contribution in [2.24, 2.45) is 0 Å². The van der Waals surface area contributed by atoms with Crippen LogP contribution in [0.15, 0.2) is 29.8 Å². The van der Waals surface area contributed by atoms with Crippen molar-refractivity contribution in [1.29, 1.82) is 0 Å². The zero-order valence-electron chi connectivity index (χ0n) is 16.3. The molecule has 1 N–H and O–H groups in total. The molecule has 0 spiro atoms. The van der Waals surface area contributed by atoms with Gasteiger partial charge in [0.15, 0.2) is 12.4 Å². The van der Waals surface area contributed by atoms with Gasteiger partial charge in [0.05, 0.1) is 6.42 Å². The minimum absolute atomic E-state index is 0.0214. The number of allylic oxidation sites excluding steroid dienone is 1. The van der Waals surface area contributed by atoms with Crippen molar-refractivity contribution in [2.45, 2.75) is 58.8 Å². The standard InChI is InChI=1S/C22H29NO4/c1-16-8-9-17(2)19(14-16)20(24)10-11-22(26)27-15-21(25)23-13-12-18-6-4-3-5-7-18/h6,8-9,14H,3-5,7,10-13,15H2,1-2H3,(H,23,25). The number of carbonyl (C=O) groups is 3. The maximum atomic E-state index is 12.3. The van der Waals surface area contributed by atoms with E-state index in [1.807, 2.05) is 32.0 Å². The lowest BCUT2D eigenvalue weighted by atomic mass is 9.97. The number of hydrogen-bond acceptors (Lipinski definition) is 4. The highest BCUT2D eigenvalue weighted by atomic mass is 16.5. The average molecular weight is 371 g/mol. The van der Waals surface area contributed by atoms with Gasteiger partial charge in [0.1, 0.15) is 0 Å². The monoisotopic (exact) mass is 371 g/mol. The van der Waals surface area contributed by atoms with E-state index >= 15 is 0 Å². The van der Waals surface area contributed by atoms with E-state index in [0.29, 0.717) is 12.1 Å². The number of aryl methyl sites for hydroxylation is 2. The highest BCUT2D eigenvalue weighted by Crippen LogP contribution is 2.19. The van der Waals surface area contributed by atoms with Crippen molar-refractivity contribution in [3.05, 3.63) is 46.5 Å². The molecule has 1 amide bonds. The normalized spacial score (nSPS) is 13.6. The minimum atomic E-state index is -0.529. The number of ketones is 1. The lowest BCUT2D eigenvalue weighted by Gasteiger charge is -2.13. The maximum absolute atomic E-state index is 12.3. The Hall–Kier alpha value is -2.43. The first-order valence-electron chi connectivity index (χ1n) is 9.66. The summed E-state index contributed by atoms with van der Waals surface area (Å²) in [6.45, 7) is 4.06. The molecule has 2 rings (SSSR count). The molecule has 0 atom stereocenters. The van der Waals surface area contributed by atoms with Crippen LogP contribution in [0, 0.1) is 13.8 Å². The number of hydrogen-bond donors (Lipinski definition) is 1. The van der Waals surface area contributed by atoms with Crippen LogP contribution in [0.25, 0.3) is 0 Å². The van der Waals surface area contributed by atoms with E-state index < -0.39 is 5.97 Å². The van der Waals surface area contributed by atoms with Gasteiger partial charge in [-0.3, -0.25) is 14.4 Å². The van der Waals surface area contributed by atoms with Crippen LogP contribution in [0.5, 0.6) is 0 Å². The fourth-order valence-electron chi connectivity index (χ4n) is 3.15. The van der Waals surface area contributed by atoms with Crippen LogP contribution in [0.3, 0.4) is 0 Å². The second kappa shape index (κ2) is 10.7. The third kappa shape index (κ3) is 7.37. The summed E-state index contributed by atoms with van der Waals surface area (Å²) in [4.78, 5) is 35.8. The number of nitrogens with one attached hydrogen (secondary N) is 1. The summed E-state index contributed by atoms with van der Waals surface area (Å²) in [7, 11) is 0. The molecule has 0 aromatic heterocycles. The summed E-state index contributed by atoms with van der Waals surface area (Å²) in [5.41, 5.74) is 3.93. The van der Waals surface area contributed by atoms with E-state index in [-0.39, 0.29) is 31.1 Å².